The second kappa shape index (κ2) is 8.42. The van der Waals surface area contributed by atoms with Crippen LogP contribution in [0.3, 0.4) is 0 Å². The number of hydrogen-bond acceptors (Lipinski definition) is 5. The fourth-order valence-corrected chi connectivity index (χ4v) is 0.270. The lowest BCUT2D eigenvalue weighted by molar-refractivity contribution is -0.165. The van der Waals surface area contributed by atoms with E-state index in [0.717, 1.165) is 13.0 Å². The summed E-state index contributed by atoms with van der Waals surface area (Å²) in [6, 6.07) is 0. The smallest absolute Gasteiger partial charge is 0.335 e. The normalized spacial score (nSPS) is 13.4. The van der Waals surface area contributed by atoms with Crippen LogP contribution in [0.5, 0.6) is 0 Å². The van der Waals surface area contributed by atoms with Crippen molar-refractivity contribution in [1.29, 1.82) is 0 Å². The number of carbonyl (C=O) groups is 2. The van der Waals surface area contributed by atoms with E-state index in [1.54, 1.807) is 0 Å². The summed E-state index contributed by atoms with van der Waals surface area (Å²) in [6.45, 7) is 2.88. The molecular formula is C7H15NO6. The highest BCUT2D eigenvalue weighted by atomic mass is 16.4. The van der Waals surface area contributed by atoms with E-state index in [-0.39, 0.29) is 0 Å². The summed E-state index contributed by atoms with van der Waals surface area (Å²) in [7, 11) is 0. The molecule has 0 radical (unpaired) electrons. The van der Waals surface area contributed by atoms with E-state index in [1.807, 2.05) is 0 Å². The molecule has 0 aliphatic rings. The quantitative estimate of drug-likeness (QED) is 0.369. The molecule has 7 heteroatoms. The van der Waals surface area contributed by atoms with Crippen LogP contribution < -0.4 is 5.73 Å². The fourth-order valence-electron chi connectivity index (χ4n) is 0.270. The summed E-state index contributed by atoms with van der Waals surface area (Å²) in [6.07, 6.45) is -3.44. The average molecular weight is 209 g/mol. The lowest BCUT2D eigenvalue weighted by atomic mass is 10.2. The van der Waals surface area contributed by atoms with Gasteiger partial charge in [0.1, 0.15) is 0 Å². The van der Waals surface area contributed by atoms with Crippen LogP contribution >= 0.6 is 0 Å². The number of rotatable bonds is 4. The van der Waals surface area contributed by atoms with E-state index in [9.17, 15) is 9.59 Å². The SMILES string of the molecule is CCCN.O=C(O)C(O)C(O)C(=O)O. The number of aliphatic carboxylic acids is 2. The summed E-state index contributed by atoms with van der Waals surface area (Å²) in [5.74, 6) is -3.54. The van der Waals surface area contributed by atoms with Crippen LogP contribution in [0.1, 0.15) is 13.3 Å². The Morgan fingerprint density at radius 1 is 1.14 bits per heavy atom. The topological polar surface area (TPSA) is 141 Å². The van der Waals surface area contributed by atoms with Gasteiger partial charge >= 0.3 is 11.9 Å². The summed E-state index contributed by atoms with van der Waals surface area (Å²) in [5, 5.41) is 32.5. The standard InChI is InChI=1S/C4H6O6.C3H9N/c5-1(3(7)8)2(6)4(9)10;1-2-3-4/h1-2,5-6H,(H,7,8)(H,9,10);2-4H2,1H3. The first kappa shape index (κ1) is 15.3. The average Bonchev–Trinajstić information content (AvgIpc) is 2.15. The molecule has 0 saturated heterocycles. The zero-order chi connectivity index (χ0) is 11.7. The van der Waals surface area contributed by atoms with Gasteiger partial charge in [0.15, 0.2) is 12.2 Å². The van der Waals surface area contributed by atoms with Crippen LogP contribution in [-0.4, -0.2) is 51.1 Å². The number of aliphatic hydroxyl groups excluding tert-OH is 2. The number of carboxylic acid groups (broad SMARTS) is 2. The maximum absolute atomic E-state index is 9.77. The molecule has 7 nitrogen and oxygen atoms in total. The highest BCUT2D eigenvalue weighted by Crippen LogP contribution is 1.92. The lowest BCUT2D eigenvalue weighted by Crippen LogP contribution is -2.39. The maximum Gasteiger partial charge on any atom is 0.335 e. The first-order valence-electron chi connectivity index (χ1n) is 3.90. The highest BCUT2D eigenvalue weighted by molar-refractivity contribution is 5.82. The van der Waals surface area contributed by atoms with Crippen molar-refractivity contribution in [2.45, 2.75) is 25.6 Å². The molecule has 0 aromatic heterocycles. The minimum absolute atomic E-state index is 0.819. The van der Waals surface area contributed by atoms with Crippen molar-refractivity contribution in [3.05, 3.63) is 0 Å². The fraction of sp³-hybridized carbons (Fsp3) is 0.714. The summed E-state index contributed by atoms with van der Waals surface area (Å²) in [5.41, 5.74) is 5.03. The lowest BCUT2D eigenvalue weighted by Gasteiger charge is -2.07. The van der Waals surface area contributed by atoms with Gasteiger partial charge in [0, 0.05) is 0 Å². The molecule has 84 valence electrons. The molecule has 0 aromatic rings. The van der Waals surface area contributed by atoms with Crippen molar-refractivity contribution in [2.75, 3.05) is 6.54 Å². The molecule has 14 heavy (non-hydrogen) atoms. The Balaban J connectivity index is 0. The third-order valence-electron chi connectivity index (χ3n) is 1.09. The number of nitrogens with two attached hydrogens (primary N) is 1. The van der Waals surface area contributed by atoms with Crippen molar-refractivity contribution in [3.8, 4) is 0 Å². The second-order valence-electron chi connectivity index (χ2n) is 2.35. The van der Waals surface area contributed by atoms with E-state index in [4.69, 9.17) is 26.2 Å². The Labute approximate surface area is 80.8 Å². The van der Waals surface area contributed by atoms with Gasteiger partial charge in [-0.2, -0.15) is 0 Å². The van der Waals surface area contributed by atoms with Gasteiger partial charge in [-0.15, -0.1) is 0 Å². The molecule has 0 saturated carbocycles. The third-order valence-corrected chi connectivity index (χ3v) is 1.09. The summed E-state index contributed by atoms with van der Waals surface area (Å²) < 4.78 is 0. The van der Waals surface area contributed by atoms with Crippen LogP contribution in [0.4, 0.5) is 0 Å². The molecule has 6 N–H and O–H groups in total. The van der Waals surface area contributed by atoms with Crippen LogP contribution in [0.25, 0.3) is 0 Å². The summed E-state index contributed by atoms with van der Waals surface area (Å²) >= 11 is 0. The molecule has 0 spiro atoms. The maximum atomic E-state index is 9.77. The zero-order valence-electron chi connectivity index (χ0n) is 7.75. The van der Waals surface area contributed by atoms with Gasteiger partial charge in [-0.3, -0.25) is 0 Å². The first-order valence-corrected chi connectivity index (χ1v) is 3.90. The van der Waals surface area contributed by atoms with Gasteiger partial charge in [-0.05, 0) is 13.0 Å². The van der Waals surface area contributed by atoms with E-state index >= 15 is 0 Å². The Morgan fingerprint density at radius 3 is 1.43 bits per heavy atom. The number of aliphatic hydroxyl groups is 2. The van der Waals surface area contributed by atoms with Gasteiger partial charge in [0.25, 0.3) is 0 Å². The molecule has 0 rings (SSSR count). The molecule has 0 fully saturated rings. The highest BCUT2D eigenvalue weighted by Gasteiger charge is 2.29. The largest absolute Gasteiger partial charge is 0.479 e. The van der Waals surface area contributed by atoms with Gasteiger partial charge < -0.3 is 26.2 Å². The van der Waals surface area contributed by atoms with Crippen molar-refractivity contribution in [3.63, 3.8) is 0 Å². The van der Waals surface area contributed by atoms with Gasteiger partial charge in [-0.25, -0.2) is 9.59 Å². The van der Waals surface area contributed by atoms with E-state index < -0.39 is 24.1 Å². The molecule has 0 bridgehead atoms. The van der Waals surface area contributed by atoms with Crippen molar-refractivity contribution in [2.24, 2.45) is 5.73 Å². The summed E-state index contributed by atoms with van der Waals surface area (Å²) in [4.78, 5) is 19.5. The van der Waals surface area contributed by atoms with Crippen molar-refractivity contribution in [1.82, 2.24) is 0 Å². The predicted molar refractivity (Wildman–Crippen MR) is 46.6 cm³/mol. The van der Waals surface area contributed by atoms with Crippen molar-refractivity contribution >= 4 is 11.9 Å². The van der Waals surface area contributed by atoms with Gasteiger partial charge in [0.2, 0.25) is 0 Å². The van der Waals surface area contributed by atoms with Crippen LogP contribution in [0, 0.1) is 0 Å². The first-order chi connectivity index (χ1) is 6.38. The Morgan fingerprint density at radius 2 is 1.36 bits per heavy atom. The zero-order valence-corrected chi connectivity index (χ0v) is 7.75. The van der Waals surface area contributed by atoms with E-state index in [1.165, 1.54) is 0 Å². The van der Waals surface area contributed by atoms with Crippen LogP contribution in [-0.2, 0) is 9.59 Å². The molecule has 0 amide bonds. The predicted octanol–water partition coefficient (Wildman–Crippen LogP) is -1.77. The minimum Gasteiger partial charge on any atom is -0.479 e. The molecule has 2 atom stereocenters. The van der Waals surface area contributed by atoms with Gasteiger partial charge in [-0.1, -0.05) is 6.92 Å². The number of hydrogen-bond donors (Lipinski definition) is 5. The van der Waals surface area contributed by atoms with Crippen molar-refractivity contribution < 1.29 is 30.0 Å². The Hall–Kier alpha value is -1.18. The minimum atomic E-state index is -2.27. The molecule has 0 heterocycles. The van der Waals surface area contributed by atoms with Gasteiger partial charge in [0.05, 0.1) is 0 Å². The second-order valence-corrected chi connectivity index (χ2v) is 2.35. The van der Waals surface area contributed by atoms with Crippen LogP contribution in [0.2, 0.25) is 0 Å². The monoisotopic (exact) mass is 209 g/mol. The van der Waals surface area contributed by atoms with Crippen LogP contribution in [0.15, 0.2) is 0 Å². The molecule has 0 aliphatic heterocycles. The molecule has 2 unspecified atom stereocenters. The Kier molecular flexibility index (Phi) is 9.20. The number of carboxylic acids is 2. The third kappa shape index (κ3) is 7.47. The molecule has 0 aliphatic carbocycles. The Bertz CT molecular complexity index is 163. The van der Waals surface area contributed by atoms with E-state index in [0.29, 0.717) is 0 Å². The molecular weight excluding hydrogens is 194 g/mol. The molecule has 0 aromatic carbocycles. The van der Waals surface area contributed by atoms with E-state index in [2.05, 4.69) is 6.92 Å².